The quantitative estimate of drug-likeness (QED) is 0.504. The third kappa shape index (κ3) is 6.90. The molecule has 1 aliphatic heterocycles. The average molecular weight is 470 g/mol. The zero-order valence-corrected chi connectivity index (χ0v) is 20.5. The molecule has 0 saturated carbocycles. The largest absolute Gasteiger partial charge is 0.416 e. The van der Waals surface area contributed by atoms with Gasteiger partial charge in [0.05, 0.1) is 6.10 Å². The monoisotopic (exact) mass is 469 g/mol. The van der Waals surface area contributed by atoms with Crippen molar-refractivity contribution in [3.8, 4) is 0 Å². The lowest BCUT2D eigenvalue weighted by molar-refractivity contribution is -0.292. The fourth-order valence-electron chi connectivity index (χ4n) is 3.89. The van der Waals surface area contributed by atoms with E-state index in [4.69, 9.17) is 23.7 Å². The van der Waals surface area contributed by atoms with E-state index >= 15 is 0 Å². The van der Waals surface area contributed by atoms with Gasteiger partial charge in [-0.15, -0.1) is 0 Å². The van der Waals surface area contributed by atoms with Gasteiger partial charge in [-0.3, -0.25) is 5.32 Å². The molecule has 1 saturated heterocycles. The van der Waals surface area contributed by atoms with Crippen LogP contribution in [-0.4, -0.2) is 57.6 Å². The molecule has 1 fully saturated rings. The number of amides is 1. The second-order valence-electron chi connectivity index (χ2n) is 8.34. The molecule has 3 rings (SSSR count). The minimum absolute atomic E-state index is 0.333. The summed E-state index contributed by atoms with van der Waals surface area (Å²) in [5, 5.41) is 2.75. The normalized spacial score (nSPS) is 24.8. The van der Waals surface area contributed by atoms with Gasteiger partial charge in [0.2, 0.25) is 6.29 Å². The van der Waals surface area contributed by atoms with E-state index in [0.29, 0.717) is 12.3 Å². The van der Waals surface area contributed by atoms with Crippen LogP contribution in [0.15, 0.2) is 48.5 Å². The van der Waals surface area contributed by atoms with E-state index in [-0.39, 0.29) is 12.2 Å². The molecule has 1 aliphatic rings. The molecule has 2 aromatic carbocycles. The molecular weight excluding hydrogens is 434 g/mol. The van der Waals surface area contributed by atoms with Crippen molar-refractivity contribution in [1.29, 1.82) is 0 Å². The Morgan fingerprint density at radius 1 is 0.941 bits per heavy atom. The van der Waals surface area contributed by atoms with E-state index in [2.05, 4.69) is 36.5 Å². The Morgan fingerprint density at radius 3 is 2.09 bits per heavy atom. The lowest BCUT2D eigenvalue weighted by Gasteiger charge is -2.43. The van der Waals surface area contributed by atoms with Crippen molar-refractivity contribution in [2.24, 2.45) is 0 Å². The zero-order valence-electron chi connectivity index (χ0n) is 20.5. The summed E-state index contributed by atoms with van der Waals surface area (Å²) < 4.78 is 28.6. The van der Waals surface area contributed by atoms with E-state index < -0.39 is 24.6 Å². The summed E-state index contributed by atoms with van der Waals surface area (Å²) >= 11 is 0. The van der Waals surface area contributed by atoms with E-state index in [1.807, 2.05) is 50.3 Å². The van der Waals surface area contributed by atoms with Gasteiger partial charge in [0.15, 0.2) is 0 Å². The van der Waals surface area contributed by atoms with Crippen LogP contribution in [0.5, 0.6) is 0 Å². The fourth-order valence-corrected chi connectivity index (χ4v) is 3.89. The molecule has 0 aromatic heterocycles. The highest BCUT2D eigenvalue weighted by Gasteiger charge is 2.47. The highest BCUT2D eigenvalue weighted by Crippen LogP contribution is 2.28. The summed E-state index contributed by atoms with van der Waals surface area (Å²) in [6.07, 6.45) is 1.65. The number of methoxy groups -OCH3 is 2. The van der Waals surface area contributed by atoms with E-state index in [1.54, 1.807) is 7.11 Å². The second-order valence-corrected chi connectivity index (χ2v) is 8.34. The minimum Gasteiger partial charge on any atom is -0.416 e. The predicted octanol–water partition coefficient (Wildman–Crippen LogP) is 5.28. The topological polar surface area (TPSA) is 75.2 Å². The Hall–Kier alpha value is -2.71. The summed E-state index contributed by atoms with van der Waals surface area (Å²) in [7, 11) is 3.14. The van der Waals surface area contributed by atoms with Crippen LogP contribution in [0.1, 0.15) is 37.0 Å². The first-order valence-electron chi connectivity index (χ1n) is 11.6. The first kappa shape index (κ1) is 25.9. The van der Waals surface area contributed by atoms with E-state index in [0.717, 1.165) is 17.5 Å². The van der Waals surface area contributed by atoms with Crippen molar-refractivity contribution in [3.05, 3.63) is 65.2 Å². The van der Waals surface area contributed by atoms with E-state index in [9.17, 15) is 4.79 Å². The Labute approximate surface area is 202 Å². The molecule has 0 aliphatic carbocycles. The zero-order chi connectivity index (χ0) is 24.5. The maximum Gasteiger partial charge on any atom is 0.414 e. The molecule has 34 heavy (non-hydrogen) atoms. The molecule has 0 bridgehead atoms. The third-order valence-corrected chi connectivity index (χ3v) is 5.71. The summed E-state index contributed by atoms with van der Waals surface area (Å²) in [5.74, 6) is 0. The summed E-state index contributed by atoms with van der Waals surface area (Å²) in [6.45, 7) is 6.49. The fraction of sp³-hybridized carbons (Fsp3) is 0.444. The van der Waals surface area contributed by atoms with Gasteiger partial charge in [-0.1, -0.05) is 61.0 Å². The molecular formula is C27H35NO6. The van der Waals surface area contributed by atoms with Gasteiger partial charge in [-0.2, -0.15) is 0 Å². The van der Waals surface area contributed by atoms with Crippen LogP contribution in [0.25, 0.3) is 12.2 Å². The number of carbonyl (C=O) groups excluding carboxylic acids is 1. The van der Waals surface area contributed by atoms with Gasteiger partial charge in [0, 0.05) is 26.5 Å². The molecule has 1 N–H and O–H groups in total. The molecule has 7 nitrogen and oxygen atoms in total. The molecule has 5 unspecified atom stereocenters. The van der Waals surface area contributed by atoms with Crippen LogP contribution in [-0.2, 0) is 23.7 Å². The van der Waals surface area contributed by atoms with Crippen molar-refractivity contribution in [3.63, 3.8) is 0 Å². The number of benzene rings is 2. The molecule has 2 aromatic rings. The van der Waals surface area contributed by atoms with Crippen molar-refractivity contribution < 1.29 is 28.5 Å². The number of carbonyl (C=O) groups is 1. The standard InChI is InChI=1S/C27H35NO6/c1-6-17-32-24-23(30-4)19(3)33-26(25(24)31-5)34-27(29)28-22-15-13-21(14-16-22)12-11-20-9-7-18(2)8-10-20/h7-16,19,23-26H,6,17H2,1-5H3,(H,28,29). The molecule has 5 atom stereocenters. The maximum absolute atomic E-state index is 12.6. The highest BCUT2D eigenvalue weighted by molar-refractivity contribution is 5.85. The SMILES string of the molecule is CCCOC1C(OC)C(C)OC(OC(=O)Nc2ccc(C=Cc3ccc(C)cc3)cc2)C1OC. The van der Waals surface area contributed by atoms with Crippen molar-refractivity contribution in [2.45, 2.75) is 57.9 Å². The van der Waals surface area contributed by atoms with Crippen LogP contribution >= 0.6 is 0 Å². The Kier molecular flexibility index (Phi) is 9.65. The summed E-state index contributed by atoms with van der Waals surface area (Å²) in [4.78, 5) is 12.6. The van der Waals surface area contributed by atoms with Crippen molar-refractivity contribution in [1.82, 2.24) is 0 Å². The number of aryl methyl sites for hydroxylation is 1. The van der Waals surface area contributed by atoms with Crippen molar-refractivity contribution >= 4 is 23.9 Å². The van der Waals surface area contributed by atoms with Crippen LogP contribution in [0.2, 0.25) is 0 Å². The number of ether oxygens (including phenoxy) is 5. The first-order valence-corrected chi connectivity index (χ1v) is 11.6. The Morgan fingerprint density at radius 2 is 1.53 bits per heavy atom. The molecule has 1 amide bonds. The van der Waals surface area contributed by atoms with Gasteiger partial charge in [0.1, 0.15) is 18.3 Å². The number of nitrogens with one attached hydrogen (secondary N) is 1. The molecule has 184 valence electrons. The first-order chi connectivity index (χ1) is 16.4. The van der Waals surface area contributed by atoms with Gasteiger partial charge in [-0.25, -0.2) is 4.79 Å². The number of anilines is 1. The van der Waals surface area contributed by atoms with E-state index in [1.165, 1.54) is 12.7 Å². The Balaban J connectivity index is 1.59. The molecule has 7 heteroatoms. The van der Waals surface area contributed by atoms with Crippen molar-refractivity contribution in [2.75, 3.05) is 26.1 Å². The third-order valence-electron chi connectivity index (χ3n) is 5.71. The van der Waals surface area contributed by atoms with Gasteiger partial charge >= 0.3 is 6.09 Å². The maximum atomic E-state index is 12.6. The van der Waals surface area contributed by atoms with Crippen LogP contribution in [0.4, 0.5) is 10.5 Å². The van der Waals surface area contributed by atoms with Gasteiger partial charge < -0.3 is 23.7 Å². The number of hydrogen-bond acceptors (Lipinski definition) is 6. The highest BCUT2D eigenvalue weighted by atomic mass is 16.7. The number of hydrogen-bond donors (Lipinski definition) is 1. The Bertz CT molecular complexity index is 927. The molecule has 0 spiro atoms. The molecule has 1 heterocycles. The second kappa shape index (κ2) is 12.7. The van der Waals surface area contributed by atoms with Crippen LogP contribution in [0.3, 0.4) is 0 Å². The molecule has 0 radical (unpaired) electrons. The smallest absolute Gasteiger partial charge is 0.414 e. The lowest BCUT2D eigenvalue weighted by atomic mass is 9.99. The lowest BCUT2D eigenvalue weighted by Crippen LogP contribution is -2.60. The van der Waals surface area contributed by atoms with Crippen LogP contribution in [0, 0.1) is 6.92 Å². The number of rotatable bonds is 9. The minimum atomic E-state index is -0.926. The van der Waals surface area contributed by atoms with Crippen LogP contribution < -0.4 is 5.32 Å². The van der Waals surface area contributed by atoms with Gasteiger partial charge in [0.25, 0.3) is 0 Å². The van der Waals surface area contributed by atoms with Gasteiger partial charge in [-0.05, 0) is 43.5 Å². The average Bonchev–Trinajstić information content (AvgIpc) is 2.83. The summed E-state index contributed by atoms with van der Waals surface area (Å²) in [6, 6.07) is 15.8. The predicted molar refractivity (Wildman–Crippen MR) is 133 cm³/mol. The summed E-state index contributed by atoms with van der Waals surface area (Å²) in [5.41, 5.74) is 3.99.